The number of aromatic nitrogens is 2. The zero-order chi connectivity index (χ0) is 18.0. The highest BCUT2D eigenvalue weighted by molar-refractivity contribution is 5.83. The zero-order valence-electron chi connectivity index (χ0n) is 15.4. The monoisotopic (exact) mass is 342 g/mol. The minimum atomic E-state index is -0.294. The van der Waals surface area contributed by atoms with E-state index < -0.39 is 0 Å². The Morgan fingerprint density at radius 2 is 2.08 bits per heavy atom. The molecule has 0 aliphatic heterocycles. The second-order valence-corrected chi connectivity index (χ2v) is 7.11. The van der Waals surface area contributed by atoms with Gasteiger partial charge in [0, 0.05) is 25.9 Å². The molecule has 1 aliphatic rings. The largest absolute Gasteiger partial charge is 0.344 e. The number of nitrogens with zero attached hydrogens (tertiary/aromatic N) is 4. The van der Waals surface area contributed by atoms with Crippen molar-refractivity contribution < 1.29 is 9.32 Å². The summed E-state index contributed by atoms with van der Waals surface area (Å²) in [6, 6.07) is 7.81. The number of carbonyl (C=O) groups is 1. The third kappa shape index (κ3) is 4.25. The number of hydrogen-bond acceptors (Lipinski definition) is 5. The molecule has 1 aromatic carbocycles. The lowest BCUT2D eigenvalue weighted by Gasteiger charge is -2.28. The van der Waals surface area contributed by atoms with Crippen molar-refractivity contribution in [3.8, 4) is 0 Å². The van der Waals surface area contributed by atoms with Crippen LogP contribution in [-0.4, -0.2) is 53.5 Å². The fourth-order valence-electron chi connectivity index (χ4n) is 2.95. The molecule has 3 rings (SSSR count). The van der Waals surface area contributed by atoms with Crippen molar-refractivity contribution in [3.05, 3.63) is 47.1 Å². The van der Waals surface area contributed by atoms with E-state index in [1.54, 1.807) is 4.90 Å². The SMILES string of the molecule is Cc1cccc(C(C(=O)N(C)CCc2noc(C3CC3)n2)N(C)C)c1. The fraction of sp³-hybridized carbons (Fsp3) is 0.526. The molecular weight excluding hydrogens is 316 g/mol. The Balaban J connectivity index is 1.64. The number of likely N-dealkylation sites (N-methyl/N-ethyl adjacent to an activating group) is 2. The minimum Gasteiger partial charge on any atom is -0.344 e. The molecule has 25 heavy (non-hydrogen) atoms. The number of carbonyl (C=O) groups excluding carboxylic acids is 1. The Morgan fingerprint density at radius 3 is 2.72 bits per heavy atom. The van der Waals surface area contributed by atoms with Gasteiger partial charge in [-0.25, -0.2) is 0 Å². The summed E-state index contributed by atoms with van der Waals surface area (Å²) in [5.41, 5.74) is 2.16. The summed E-state index contributed by atoms with van der Waals surface area (Å²) in [4.78, 5) is 21.1. The first-order chi connectivity index (χ1) is 12.0. The molecule has 0 radical (unpaired) electrons. The van der Waals surface area contributed by atoms with Gasteiger partial charge in [0.25, 0.3) is 0 Å². The van der Waals surface area contributed by atoms with Crippen LogP contribution in [0.15, 0.2) is 28.8 Å². The van der Waals surface area contributed by atoms with E-state index in [1.807, 2.05) is 51.2 Å². The molecule has 0 spiro atoms. The summed E-state index contributed by atoms with van der Waals surface area (Å²) in [5, 5.41) is 4.02. The number of aryl methyl sites for hydroxylation is 1. The van der Waals surface area contributed by atoms with Crippen LogP contribution < -0.4 is 0 Å². The zero-order valence-corrected chi connectivity index (χ0v) is 15.4. The lowest BCUT2D eigenvalue weighted by Crippen LogP contribution is -2.39. The highest BCUT2D eigenvalue weighted by Gasteiger charge is 2.30. The first kappa shape index (κ1) is 17.6. The van der Waals surface area contributed by atoms with Crippen LogP contribution in [-0.2, 0) is 11.2 Å². The molecule has 0 bridgehead atoms. The van der Waals surface area contributed by atoms with Crippen LogP contribution in [0, 0.1) is 6.92 Å². The van der Waals surface area contributed by atoms with Crippen molar-refractivity contribution in [2.24, 2.45) is 0 Å². The summed E-state index contributed by atoms with van der Waals surface area (Å²) in [6.45, 7) is 2.61. The lowest BCUT2D eigenvalue weighted by molar-refractivity contribution is -0.135. The van der Waals surface area contributed by atoms with Gasteiger partial charge < -0.3 is 9.42 Å². The van der Waals surface area contributed by atoms with Crippen LogP contribution in [0.2, 0.25) is 0 Å². The first-order valence-electron chi connectivity index (χ1n) is 8.76. The Bertz CT molecular complexity index is 737. The van der Waals surface area contributed by atoms with Crippen molar-refractivity contribution in [1.29, 1.82) is 0 Å². The van der Waals surface area contributed by atoms with Crippen molar-refractivity contribution in [1.82, 2.24) is 19.9 Å². The Kier molecular flexibility index (Phi) is 5.18. The van der Waals surface area contributed by atoms with Gasteiger partial charge in [0.2, 0.25) is 11.8 Å². The predicted octanol–water partition coefficient (Wildman–Crippen LogP) is 2.56. The molecule has 1 aliphatic carbocycles. The molecule has 1 aromatic heterocycles. The predicted molar refractivity (Wildman–Crippen MR) is 95.2 cm³/mol. The number of benzene rings is 1. The van der Waals surface area contributed by atoms with E-state index in [0.717, 1.165) is 29.9 Å². The van der Waals surface area contributed by atoms with Gasteiger partial charge >= 0.3 is 0 Å². The molecule has 2 aromatic rings. The normalized spacial score (nSPS) is 15.4. The van der Waals surface area contributed by atoms with Crippen LogP contribution in [0.1, 0.15) is 47.6 Å². The van der Waals surface area contributed by atoms with E-state index in [0.29, 0.717) is 24.7 Å². The summed E-state index contributed by atoms with van der Waals surface area (Å²) >= 11 is 0. The maximum absolute atomic E-state index is 13.0. The second kappa shape index (κ2) is 7.35. The van der Waals surface area contributed by atoms with Crippen molar-refractivity contribution in [2.45, 2.75) is 38.1 Å². The fourth-order valence-corrected chi connectivity index (χ4v) is 2.95. The number of amides is 1. The number of rotatable bonds is 7. The second-order valence-electron chi connectivity index (χ2n) is 7.11. The van der Waals surface area contributed by atoms with Crippen molar-refractivity contribution >= 4 is 5.91 Å². The third-order valence-electron chi connectivity index (χ3n) is 4.57. The molecule has 1 heterocycles. The van der Waals surface area contributed by atoms with Gasteiger partial charge in [-0.1, -0.05) is 35.0 Å². The average molecular weight is 342 g/mol. The molecule has 0 saturated heterocycles. The molecule has 6 heteroatoms. The van der Waals surface area contributed by atoms with Gasteiger partial charge in [0.15, 0.2) is 5.82 Å². The summed E-state index contributed by atoms with van der Waals surface area (Å²) < 4.78 is 5.28. The molecule has 1 unspecified atom stereocenters. The average Bonchev–Trinajstić information content (AvgIpc) is 3.31. The molecule has 0 N–H and O–H groups in total. The topological polar surface area (TPSA) is 62.5 Å². The molecule has 6 nitrogen and oxygen atoms in total. The maximum Gasteiger partial charge on any atom is 0.244 e. The quantitative estimate of drug-likeness (QED) is 0.774. The number of hydrogen-bond donors (Lipinski definition) is 0. The summed E-state index contributed by atoms with van der Waals surface area (Å²) in [7, 11) is 5.69. The van der Waals surface area contributed by atoms with E-state index in [2.05, 4.69) is 16.2 Å². The van der Waals surface area contributed by atoms with E-state index in [1.165, 1.54) is 0 Å². The standard InChI is InChI=1S/C19H26N4O2/c1-13-6-5-7-15(12-13)17(22(2)3)19(24)23(4)11-10-16-20-18(25-21-16)14-8-9-14/h5-7,12,14,17H,8-11H2,1-4H3. The molecular formula is C19H26N4O2. The highest BCUT2D eigenvalue weighted by Crippen LogP contribution is 2.38. The van der Waals surface area contributed by atoms with Gasteiger partial charge in [-0.15, -0.1) is 0 Å². The molecule has 134 valence electrons. The van der Waals surface area contributed by atoms with E-state index >= 15 is 0 Å². The molecule has 1 amide bonds. The van der Waals surface area contributed by atoms with Gasteiger partial charge in [-0.05, 0) is 39.4 Å². The van der Waals surface area contributed by atoms with Crippen LogP contribution >= 0.6 is 0 Å². The lowest BCUT2D eigenvalue weighted by atomic mass is 10.0. The van der Waals surface area contributed by atoms with Gasteiger partial charge in [0.05, 0.1) is 0 Å². The smallest absolute Gasteiger partial charge is 0.244 e. The van der Waals surface area contributed by atoms with Crippen LogP contribution in [0.3, 0.4) is 0 Å². The van der Waals surface area contributed by atoms with Gasteiger partial charge in [-0.3, -0.25) is 9.69 Å². The van der Waals surface area contributed by atoms with Crippen molar-refractivity contribution in [2.75, 3.05) is 27.7 Å². The molecule has 1 fully saturated rings. The van der Waals surface area contributed by atoms with Crippen LogP contribution in [0.5, 0.6) is 0 Å². The summed E-state index contributed by atoms with van der Waals surface area (Å²) in [5.74, 6) is 1.95. The van der Waals surface area contributed by atoms with E-state index in [-0.39, 0.29) is 11.9 Å². The summed E-state index contributed by atoms with van der Waals surface area (Å²) in [6.07, 6.45) is 2.88. The highest BCUT2D eigenvalue weighted by atomic mass is 16.5. The van der Waals surface area contributed by atoms with Crippen molar-refractivity contribution in [3.63, 3.8) is 0 Å². The maximum atomic E-state index is 13.0. The van der Waals surface area contributed by atoms with E-state index in [4.69, 9.17) is 4.52 Å². The van der Waals surface area contributed by atoms with E-state index in [9.17, 15) is 4.79 Å². The third-order valence-corrected chi connectivity index (χ3v) is 4.57. The van der Waals surface area contributed by atoms with Crippen LogP contribution in [0.25, 0.3) is 0 Å². The van der Waals surface area contributed by atoms with Gasteiger partial charge in [0.1, 0.15) is 6.04 Å². The van der Waals surface area contributed by atoms with Crippen LogP contribution in [0.4, 0.5) is 0 Å². The molecule has 1 saturated carbocycles. The molecule has 1 atom stereocenters. The first-order valence-corrected chi connectivity index (χ1v) is 8.76. The Labute approximate surface area is 148 Å². The van der Waals surface area contributed by atoms with Gasteiger partial charge in [-0.2, -0.15) is 4.98 Å². The minimum absolute atomic E-state index is 0.0708. The Hall–Kier alpha value is -2.21. The Morgan fingerprint density at radius 1 is 1.32 bits per heavy atom.